The molecular weight excluding hydrogens is 442 g/mol. The highest BCUT2D eigenvalue weighted by atomic mass is 32.2. The van der Waals surface area contributed by atoms with Crippen LogP contribution in [0, 0.1) is 5.92 Å². The minimum atomic E-state index is -3.63. The molecule has 1 aromatic heterocycles. The Morgan fingerprint density at radius 3 is 2.39 bits per heavy atom. The second kappa shape index (κ2) is 9.43. The van der Waals surface area contributed by atoms with E-state index in [1.54, 1.807) is 18.2 Å². The maximum atomic E-state index is 12.7. The molecule has 1 aromatic carbocycles. The average Bonchev–Trinajstić information content (AvgIpc) is 2.78. The van der Waals surface area contributed by atoms with Gasteiger partial charge in [-0.1, -0.05) is 12.1 Å². The van der Waals surface area contributed by atoms with Crippen LogP contribution in [0.1, 0.15) is 18.4 Å². The van der Waals surface area contributed by atoms with Gasteiger partial charge < -0.3 is 4.74 Å². The van der Waals surface area contributed by atoms with Crippen LogP contribution >= 0.6 is 0 Å². The molecule has 0 bridgehead atoms. The third-order valence-electron chi connectivity index (χ3n) is 5.12. The van der Waals surface area contributed by atoms with Crippen molar-refractivity contribution in [2.75, 3.05) is 27.2 Å². The van der Waals surface area contributed by atoms with Crippen LogP contribution in [0.15, 0.2) is 58.6 Å². The van der Waals surface area contributed by atoms with Gasteiger partial charge in [-0.15, -0.1) is 0 Å². The summed E-state index contributed by atoms with van der Waals surface area (Å²) in [6, 6.07) is 9.31. The van der Waals surface area contributed by atoms with Gasteiger partial charge in [-0.05, 0) is 42.7 Å². The Bertz CT molecular complexity index is 1130. The number of esters is 1. The van der Waals surface area contributed by atoms with Crippen LogP contribution in [0.25, 0.3) is 0 Å². The van der Waals surface area contributed by atoms with E-state index in [0.29, 0.717) is 18.4 Å². The fourth-order valence-electron chi connectivity index (χ4n) is 3.26. The second-order valence-electron chi connectivity index (χ2n) is 7.41. The number of sulfonamides is 2. The molecular formula is C20H25N3O6S2. The minimum Gasteiger partial charge on any atom is -0.461 e. The summed E-state index contributed by atoms with van der Waals surface area (Å²) in [7, 11) is -4.32. The highest BCUT2D eigenvalue weighted by molar-refractivity contribution is 7.89. The Kier molecular flexibility index (Phi) is 7.10. The molecule has 168 valence electrons. The van der Waals surface area contributed by atoms with E-state index in [-0.39, 0.29) is 29.5 Å². The number of piperidine rings is 1. The summed E-state index contributed by atoms with van der Waals surface area (Å²) in [4.78, 5) is 16.6. The Labute approximate surface area is 182 Å². The Balaban J connectivity index is 1.57. The van der Waals surface area contributed by atoms with Crippen molar-refractivity contribution >= 4 is 26.0 Å². The first-order valence-electron chi connectivity index (χ1n) is 9.70. The van der Waals surface area contributed by atoms with Crippen LogP contribution in [-0.4, -0.2) is 63.6 Å². The van der Waals surface area contributed by atoms with Gasteiger partial charge in [0.2, 0.25) is 20.0 Å². The zero-order valence-corrected chi connectivity index (χ0v) is 19.0. The van der Waals surface area contributed by atoms with E-state index >= 15 is 0 Å². The van der Waals surface area contributed by atoms with E-state index in [0.717, 1.165) is 4.31 Å². The molecule has 1 fully saturated rings. The molecule has 1 aliphatic rings. The number of nitrogens with zero attached hydrogens (tertiary/aromatic N) is 3. The highest BCUT2D eigenvalue weighted by Gasteiger charge is 2.33. The summed E-state index contributed by atoms with van der Waals surface area (Å²) in [5.74, 6) is -0.826. The quantitative estimate of drug-likeness (QED) is 0.567. The van der Waals surface area contributed by atoms with Gasteiger partial charge in [0, 0.05) is 39.6 Å². The van der Waals surface area contributed by atoms with Crippen molar-refractivity contribution < 1.29 is 26.4 Å². The summed E-state index contributed by atoms with van der Waals surface area (Å²) < 4.78 is 57.6. The average molecular weight is 468 g/mol. The number of ether oxygens (including phenoxy) is 1. The van der Waals surface area contributed by atoms with Crippen LogP contribution in [0.2, 0.25) is 0 Å². The molecule has 2 aromatic rings. The molecule has 0 spiro atoms. The number of pyridine rings is 1. The van der Waals surface area contributed by atoms with E-state index in [1.165, 1.54) is 49.0 Å². The van der Waals surface area contributed by atoms with Gasteiger partial charge in [0.1, 0.15) is 11.5 Å². The first-order valence-corrected chi connectivity index (χ1v) is 12.6. The lowest BCUT2D eigenvalue weighted by Gasteiger charge is -2.30. The molecule has 0 unspecified atom stereocenters. The molecule has 0 aliphatic carbocycles. The predicted molar refractivity (Wildman–Crippen MR) is 113 cm³/mol. The van der Waals surface area contributed by atoms with Gasteiger partial charge in [-0.3, -0.25) is 9.78 Å². The van der Waals surface area contributed by atoms with Crippen molar-refractivity contribution in [3.8, 4) is 0 Å². The van der Waals surface area contributed by atoms with E-state index in [9.17, 15) is 21.6 Å². The molecule has 2 heterocycles. The fourth-order valence-corrected chi connectivity index (χ4v) is 5.67. The largest absolute Gasteiger partial charge is 0.461 e. The monoisotopic (exact) mass is 467 g/mol. The maximum Gasteiger partial charge on any atom is 0.309 e. The molecule has 31 heavy (non-hydrogen) atoms. The number of rotatable bonds is 7. The first-order chi connectivity index (χ1) is 14.6. The summed E-state index contributed by atoms with van der Waals surface area (Å²) >= 11 is 0. The minimum absolute atomic E-state index is 0.0518. The van der Waals surface area contributed by atoms with Gasteiger partial charge in [0.25, 0.3) is 0 Å². The van der Waals surface area contributed by atoms with Gasteiger partial charge in [-0.2, -0.15) is 4.31 Å². The van der Waals surface area contributed by atoms with Crippen LogP contribution in [0.4, 0.5) is 0 Å². The lowest BCUT2D eigenvalue weighted by Crippen LogP contribution is -2.40. The molecule has 11 heteroatoms. The zero-order chi connectivity index (χ0) is 22.6. The highest BCUT2D eigenvalue weighted by Crippen LogP contribution is 2.25. The fraction of sp³-hybridized carbons (Fsp3) is 0.400. The summed E-state index contributed by atoms with van der Waals surface area (Å²) in [5, 5.41) is 0. The number of hydrogen-bond donors (Lipinski definition) is 0. The van der Waals surface area contributed by atoms with Crippen LogP contribution < -0.4 is 0 Å². The van der Waals surface area contributed by atoms with Crippen molar-refractivity contribution in [2.24, 2.45) is 5.92 Å². The number of hydrogen-bond acceptors (Lipinski definition) is 7. The van der Waals surface area contributed by atoms with Gasteiger partial charge >= 0.3 is 5.97 Å². The number of carbonyl (C=O) groups excluding carboxylic acids is 1. The molecule has 3 rings (SSSR count). The zero-order valence-electron chi connectivity index (χ0n) is 17.3. The van der Waals surface area contributed by atoms with E-state index < -0.39 is 31.9 Å². The predicted octanol–water partition coefficient (Wildman–Crippen LogP) is 1.48. The Morgan fingerprint density at radius 2 is 1.77 bits per heavy atom. The molecule has 0 radical (unpaired) electrons. The van der Waals surface area contributed by atoms with Crippen LogP contribution in [-0.2, 0) is 36.2 Å². The number of carbonyl (C=O) groups is 1. The smallest absolute Gasteiger partial charge is 0.309 e. The van der Waals surface area contributed by atoms with E-state index in [2.05, 4.69) is 4.98 Å². The lowest BCUT2D eigenvalue weighted by atomic mass is 9.98. The Hall–Kier alpha value is -2.34. The molecule has 0 N–H and O–H groups in total. The topological polar surface area (TPSA) is 114 Å². The lowest BCUT2D eigenvalue weighted by molar-refractivity contribution is -0.151. The molecule has 0 saturated carbocycles. The van der Waals surface area contributed by atoms with Crippen molar-refractivity contribution in [1.29, 1.82) is 0 Å². The van der Waals surface area contributed by atoms with Gasteiger partial charge in [0.05, 0.1) is 10.8 Å². The Morgan fingerprint density at radius 1 is 1.10 bits per heavy atom. The molecule has 9 nitrogen and oxygen atoms in total. The maximum absolute atomic E-state index is 12.7. The second-order valence-corrected chi connectivity index (χ2v) is 11.5. The summed E-state index contributed by atoms with van der Waals surface area (Å²) in [6.45, 7) is 0.380. The number of aromatic nitrogens is 1. The first kappa shape index (κ1) is 23.3. The molecule has 0 atom stereocenters. The van der Waals surface area contributed by atoms with E-state index in [1.807, 2.05) is 0 Å². The summed E-state index contributed by atoms with van der Waals surface area (Å²) in [5.41, 5.74) is 0.563. The molecule has 1 aliphatic heterocycles. The van der Waals surface area contributed by atoms with Crippen molar-refractivity contribution in [3.05, 3.63) is 54.4 Å². The van der Waals surface area contributed by atoms with Gasteiger partial charge in [0.15, 0.2) is 0 Å². The third kappa shape index (κ3) is 5.29. The normalized spacial score (nSPS) is 16.4. The SMILES string of the molecule is CN(C)S(=O)(=O)c1cccc(COC(=O)C2CCN(S(=O)(=O)c3cccnc3)CC2)c1. The van der Waals surface area contributed by atoms with Crippen molar-refractivity contribution in [1.82, 2.24) is 13.6 Å². The number of benzene rings is 1. The molecule has 0 amide bonds. The van der Waals surface area contributed by atoms with E-state index in [4.69, 9.17) is 4.74 Å². The third-order valence-corrected chi connectivity index (χ3v) is 8.81. The van der Waals surface area contributed by atoms with Crippen molar-refractivity contribution in [3.63, 3.8) is 0 Å². The van der Waals surface area contributed by atoms with Crippen LogP contribution in [0.5, 0.6) is 0 Å². The van der Waals surface area contributed by atoms with Crippen LogP contribution in [0.3, 0.4) is 0 Å². The van der Waals surface area contributed by atoms with Gasteiger partial charge in [-0.25, -0.2) is 21.1 Å². The summed E-state index contributed by atoms with van der Waals surface area (Å²) in [6.07, 6.45) is 3.52. The molecule has 1 saturated heterocycles. The van der Waals surface area contributed by atoms with Crippen molar-refractivity contribution in [2.45, 2.75) is 29.2 Å². The standard InChI is InChI=1S/C20H25N3O6S2/c1-22(2)30(25,26)18-6-3-5-16(13-18)15-29-20(24)17-8-11-23(12-9-17)31(27,28)19-7-4-10-21-14-19/h3-7,10,13-14,17H,8-9,11-12,15H2,1-2H3.